The normalized spacial score (nSPS) is 35.6. The second-order valence-corrected chi connectivity index (χ2v) is 7.50. The van der Waals surface area contributed by atoms with E-state index < -0.39 is 17.5 Å². The average Bonchev–Trinajstić information content (AvgIpc) is 3.44. The van der Waals surface area contributed by atoms with Gasteiger partial charge in [0.15, 0.2) is 23.7 Å². The maximum Gasteiger partial charge on any atom is 0.194 e. The molecule has 3 aliphatic rings. The molecule has 2 heterocycles. The molecule has 6 heteroatoms. The number of hydrogen-bond donors (Lipinski definition) is 0. The molecule has 1 aromatic rings. The van der Waals surface area contributed by atoms with Crippen LogP contribution in [0.3, 0.4) is 0 Å². The zero-order valence-electron chi connectivity index (χ0n) is 14.1. The number of hydrogen-bond acceptors (Lipinski definition) is 3. The monoisotopic (exact) mass is 356 g/mol. The van der Waals surface area contributed by atoms with Crippen molar-refractivity contribution in [2.24, 2.45) is 11.8 Å². The third kappa shape index (κ3) is 4.01. The molecule has 1 aromatic carbocycles. The van der Waals surface area contributed by atoms with Gasteiger partial charge in [0.25, 0.3) is 0 Å². The van der Waals surface area contributed by atoms with Crippen LogP contribution in [0.1, 0.15) is 43.6 Å². The first-order valence-corrected chi connectivity index (χ1v) is 9.09. The smallest absolute Gasteiger partial charge is 0.194 e. The zero-order chi connectivity index (χ0) is 17.4. The lowest BCUT2D eigenvalue weighted by atomic mass is 9.78. The molecule has 1 atom stereocenters. The van der Waals surface area contributed by atoms with Crippen molar-refractivity contribution in [1.29, 1.82) is 0 Å². The molecule has 2 aliphatic heterocycles. The van der Waals surface area contributed by atoms with E-state index in [4.69, 9.17) is 14.2 Å². The second-order valence-electron chi connectivity index (χ2n) is 7.50. The van der Waals surface area contributed by atoms with Gasteiger partial charge in [0.2, 0.25) is 0 Å². The van der Waals surface area contributed by atoms with Crippen LogP contribution in [0, 0.1) is 29.3 Å². The second kappa shape index (κ2) is 7.25. The van der Waals surface area contributed by atoms with Crippen molar-refractivity contribution < 1.29 is 27.4 Å². The third-order valence-electron chi connectivity index (χ3n) is 5.63. The summed E-state index contributed by atoms with van der Waals surface area (Å²) in [6.07, 6.45) is 4.58. The minimum atomic E-state index is -1.40. The van der Waals surface area contributed by atoms with E-state index in [0.29, 0.717) is 36.7 Å². The highest BCUT2D eigenvalue weighted by Gasteiger charge is 2.35. The number of halogens is 3. The van der Waals surface area contributed by atoms with Gasteiger partial charge in [-0.2, -0.15) is 0 Å². The minimum Gasteiger partial charge on any atom is -0.373 e. The molecular formula is C19H23F3O3. The fourth-order valence-corrected chi connectivity index (χ4v) is 4.08. The first-order valence-electron chi connectivity index (χ1n) is 9.09. The fraction of sp³-hybridized carbons (Fsp3) is 0.684. The molecule has 2 saturated heterocycles. The summed E-state index contributed by atoms with van der Waals surface area (Å²) in [4.78, 5) is 0. The van der Waals surface area contributed by atoms with Gasteiger partial charge in [0.05, 0.1) is 25.9 Å². The first kappa shape index (κ1) is 17.3. The van der Waals surface area contributed by atoms with Crippen LogP contribution in [0.25, 0.3) is 0 Å². The van der Waals surface area contributed by atoms with Crippen LogP contribution >= 0.6 is 0 Å². The maximum atomic E-state index is 13.4. The third-order valence-corrected chi connectivity index (χ3v) is 5.63. The van der Waals surface area contributed by atoms with Crippen molar-refractivity contribution in [2.45, 2.75) is 50.4 Å². The Bertz CT molecular complexity index is 581. The van der Waals surface area contributed by atoms with Crippen LogP contribution in [0.2, 0.25) is 0 Å². The Hall–Kier alpha value is -1.11. The highest BCUT2D eigenvalue weighted by Crippen LogP contribution is 2.39. The van der Waals surface area contributed by atoms with E-state index in [1.54, 1.807) is 0 Å². The van der Waals surface area contributed by atoms with Crippen LogP contribution < -0.4 is 0 Å². The molecular weight excluding hydrogens is 333 g/mol. The van der Waals surface area contributed by atoms with Gasteiger partial charge >= 0.3 is 0 Å². The zero-order valence-corrected chi connectivity index (χ0v) is 14.1. The number of ether oxygens (including phenoxy) is 3. The Balaban J connectivity index is 1.28. The Kier molecular flexibility index (Phi) is 5.02. The lowest BCUT2D eigenvalue weighted by molar-refractivity contribution is -0.229. The summed E-state index contributed by atoms with van der Waals surface area (Å²) >= 11 is 0. The van der Waals surface area contributed by atoms with Crippen LogP contribution in [-0.2, 0) is 14.2 Å². The number of epoxide rings is 1. The van der Waals surface area contributed by atoms with E-state index in [1.807, 2.05) is 0 Å². The maximum absolute atomic E-state index is 13.4. The van der Waals surface area contributed by atoms with E-state index in [1.165, 1.54) is 0 Å². The molecule has 1 saturated carbocycles. The first-order chi connectivity index (χ1) is 12.1. The molecule has 0 bridgehead atoms. The highest BCUT2D eigenvalue weighted by atomic mass is 19.2. The highest BCUT2D eigenvalue weighted by molar-refractivity contribution is 5.23. The van der Waals surface area contributed by atoms with E-state index in [0.717, 1.165) is 50.8 Å². The molecule has 0 amide bonds. The summed E-state index contributed by atoms with van der Waals surface area (Å²) in [7, 11) is 0. The summed E-state index contributed by atoms with van der Waals surface area (Å²) in [5, 5.41) is 0. The van der Waals surface area contributed by atoms with Gasteiger partial charge in [-0.15, -0.1) is 0 Å². The van der Waals surface area contributed by atoms with Crippen molar-refractivity contribution >= 4 is 0 Å². The van der Waals surface area contributed by atoms with E-state index in [9.17, 15) is 13.2 Å². The standard InChI is InChI=1S/C19H23F3O3/c20-16-6-14(7-17(21)18(16)22)12-1-3-13(4-2-12)19-24-8-11(9-25-19)5-15-10-23-15/h6-7,11-13,15,19H,1-5,8-10H2. The van der Waals surface area contributed by atoms with Crippen molar-refractivity contribution in [3.05, 3.63) is 35.1 Å². The van der Waals surface area contributed by atoms with Gasteiger partial charge in [0.1, 0.15) is 0 Å². The molecule has 4 rings (SSSR count). The van der Waals surface area contributed by atoms with E-state index in [2.05, 4.69) is 0 Å². The summed E-state index contributed by atoms with van der Waals surface area (Å²) in [6, 6.07) is 2.25. The van der Waals surface area contributed by atoms with Gasteiger partial charge in [-0.1, -0.05) is 0 Å². The SMILES string of the molecule is Fc1cc(C2CCC(C3OCC(CC4CO4)CO3)CC2)cc(F)c1F. The summed E-state index contributed by atoms with van der Waals surface area (Å²) in [5.41, 5.74) is 0.546. The lowest BCUT2D eigenvalue weighted by Crippen LogP contribution is -2.38. The Morgan fingerprint density at radius 3 is 2.00 bits per heavy atom. The van der Waals surface area contributed by atoms with Gasteiger partial charge in [-0.25, -0.2) is 13.2 Å². The Morgan fingerprint density at radius 1 is 0.840 bits per heavy atom. The fourth-order valence-electron chi connectivity index (χ4n) is 4.08. The van der Waals surface area contributed by atoms with Crippen molar-refractivity contribution in [2.75, 3.05) is 19.8 Å². The molecule has 1 aliphatic carbocycles. The number of rotatable bonds is 4. The summed E-state index contributed by atoms with van der Waals surface area (Å²) in [5.74, 6) is -2.84. The van der Waals surface area contributed by atoms with Crippen LogP contribution in [0.5, 0.6) is 0 Å². The van der Waals surface area contributed by atoms with Crippen LogP contribution in [-0.4, -0.2) is 32.2 Å². The average molecular weight is 356 g/mol. The predicted octanol–water partition coefficient (Wildman–Crippen LogP) is 4.16. The van der Waals surface area contributed by atoms with Gasteiger partial charge < -0.3 is 14.2 Å². The van der Waals surface area contributed by atoms with Gasteiger partial charge in [0, 0.05) is 11.8 Å². The van der Waals surface area contributed by atoms with E-state index in [-0.39, 0.29) is 12.2 Å². The molecule has 138 valence electrons. The minimum absolute atomic E-state index is 0.0594. The molecule has 0 spiro atoms. The molecule has 25 heavy (non-hydrogen) atoms. The number of benzene rings is 1. The van der Waals surface area contributed by atoms with Crippen molar-refractivity contribution in [1.82, 2.24) is 0 Å². The van der Waals surface area contributed by atoms with E-state index >= 15 is 0 Å². The summed E-state index contributed by atoms with van der Waals surface area (Å²) < 4.78 is 57.0. The van der Waals surface area contributed by atoms with Crippen molar-refractivity contribution in [3.8, 4) is 0 Å². The largest absolute Gasteiger partial charge is 0.373 e. The quantitative estimate of drug-likeness (QED) is 0.600. The molecule has 0 aromatic heterocycles. The van der Waals surface area contributed by atoms with Crippen molar-refractivity contribution in [3.63, 3.8) is 0 Å². The van der Waals surface area contributed by atoms with Crippen LogP contribution in [0.4, 0.5) is 13.2 Å². The van der Waals surface area contributed by atoms with Gasteiger partial charge in [-0.3, -0.25) is 0 Å². The van der Waals surface area contributed by atoms with Crippen LogP contribution in [0.15, 0.2) is 12.1 Å². The Morgan fingerprint density at radius 2 is 1.44 bits per heavy atom. The molecule has 0 N–H and O–H groups in total. The molecule has 1 unspecified atom stereocenters. The lowest BCUT2D eigenvalue weighted by Gasteiger charge is -2.37. The molecule has 0 radical (unpaired) electrons. The molecule has 3 fully saturated rings. The Labute approximate surface area is 145 Å². The summed E-state index contributed by atoms with van der Waals surface area (Å²) in [6.45, 7) is 2.27. The predicted molar refractivity (Wildman–Crippen MR) is 84.6 cm³/mol. The topological polar surface area (TPSA) is 31.0 Å². The van der Waals surface area contributed by atoms with Gasteiger partial charge in [-0.05, 0) is 55.7 Å². The molecule has 3 nitrogen and oxygen atoms in total.